The van der Waals surface area contributed by atoms with Gasteiger partial charge in [0.05, 0.1) is 0 Å². The summed E-state index contributed by atoms with van der Waals surface area (Å²) in [6.45, 7) is 2.65. The number of ether oxygens (including phenoxy) is 1. The lowest BCUT2D eigenvalue weighted by Gasteiger charge is -2.38. The quantitative estimate of drug-likeness (QED) is 0.865. The maximum Gasteiger partial charge on any atom is 0.410 e. The molecule has 4 rings (SSSR count). The Labute approximate surface area is 152 Å². The molecule has 4 nitrogen and oxygen atoms in total. The van der Waals surface area contributed by atoms with Crippen LogP contribution in [-0.4, -0.2) is 30.6 Å². The number of fused-ring (bicyclic) bond motifs is 2. The number of anilines is 1. The lowest BCUT2D eigenvalue weighted by Crippen LogP contribution is -2.46. The van der Waals surface area contributed by atoms with Crippen molar-refractivity contribution in [2.75, 3.05) is 25.0 Å². The highest BCUT2D eigenvalue weighted by molar-refractivity contribution is 6.30. The standard InChI is InChI=1S/C20H21ClN2O2/c21-16-6-7-18-17(12-16)20(14-22-18)8-10-23(11-9-20)19(24)25-13-15-4-2-1-3-5-15/h1-7,12,22H,8-11,13-14H2. The molecule has 0 aliphatic carbocycles. The molecule has 1 N–H and O–H groups in total. The maximum atomic E-state index is 12.3. The third kappa shape index (κ3) is 3.19. The van der Waals surface area contributed by atoms with Gasteiger partial charge in [-0.1, -0.05) is 41.9 Å². The van der Waals surface area contributed by atoms with Crippen molar-refractivity contribution >= 4 is 23.4 Å². The summed E-state index contributed by atoms with van der Waals surface area (Å²) in [6.07, 6.45) is 1.62. The fourth-order valence-corrected chi connectivity index (χ4v) is 4.02. The third-order valence-electron chi connectivity index (χ3n) is 5.35. The number of nitrogens with zero attached hydrogens (tertiary/aromatic N) is 1. The summed E-state index contributed by atoms with van der Waals surface area (Å²) >= 11 is 6.19. The second-order valence-corrected chi connectivity index (χ2v) is 7.29. The largest absolute Gasteiger partial charge is 0.445 e. The van der Waals surface area contributed by atoms with Crippen LogP contribution in [0.3, 0.4) is 0 Å². The Kier molecular flexibility index (Phi) is 4.30. The number of piperidine rings is 1. The van der Waals surface area contributed by atoms with E-state index >= 15 is 0 Å². The molecule has 0 unspecified atom stereocenters. The van der Waals surface area contributed by atoms with Gasteiger partial charge in [0.1, 0.15) is 6.61 Å². The molecule has 0 radical (unpaired) electrons. The first-order valence-electron chi connectivity index (χ1n) is 8.66. The molecule has 1 fully saturated rings. The van der Waals surface area contributed by atoms with Gasteiger partial charge >= 0.3 is 6.09 Å². The van der Waals surface area contributed by atoms with E-state index < -0.39 is 0 Å². The average molecular weight is 357 g/mol. The van der Waals surface area contributed by atoms with Gasteiger partial charge < -0.3 is 15.0 Å². The highest BCUT2D eigenvalue weighted by Gasteiger charge is 2.42. The summed E-state index contributed by atoms with van der Waals surface area (Å²) in [5.41, 5.74) is 3.55. The van der Waals surface area contributed by atoms with E-state index in [0.717, 1.165) is 30.0 Å². The molecule has 2 aromatic rings. The Bertz CT molecular complexity index is 771. The Morgan fingerprint density at radius 2 is 1.92 bits per heavy atom. The van der Waals surface area contributed by atoms with Crippen LogP contribution in [-0.2, 0) is 16.8 Å². The van der Waals surface area contributed by atoms with Crippen molar-refractivity contribution in [1.29, 1.82) is 0 Å². The molecule has 1 saturated heterocycles. The molecule has 25 heavy (non-hydrogen) atoms. The van der Waals surface area contributed by atoms with Crippen LogP contribution in [0.25, 0.3) is 0 Å². The molecule has 1 amide bonds. The molecular weight excluding hydrogens is 336 g/mol. The monoisotopic (exact) mass is 356 g/mol. The molecule has 0 saturated carbocycles. The van der Waals surface area contributed by atoms with Gasteiger partial charge in [0.15, 0.2) is 0 Å². The molecule has 130 valence electrons. The first-order chi connectivity index (χ1) is 12.2. The van der Waals surface area contributed by atoms with Gasteiger partial charge in [-0.15, -0.1) is 0 Å². The fraction of sp³-hybridized carbons (Fsp3) is 0.350. The van der Waals surface area contributed by atoms with Gasteiger partial charge in [-0.3, -0.25) is 0 Å². The van der Waals surface area contributed by atoms with Gasteiger partial charge in [0, 0.05) is 35.8 Å². The zero-order valence-corrected chi connectivity index (χ0v) is 14.8. The number of likely N-dealkylation sites (tertiary alicyclic amines) is 1. The first-order valence-corrected chi connectivity index (χ1v) is 9.04. The number of hydrogen-bond acceptors (Lipinski definition) is 3. The van der Waals surface area contributed by atoms with E-state index in [0.29, 0.717) is 19.7 Å². The van der Waals surface area contributed by atoms with Crippen molar-refractivity contribution in [3.8, 4) is 0 Å². The molecule has 0 aromatic heterocycles. The van der Waals surface area contributed by atoms with Crippen molar-refractivity contribution in [1.82, 2.24) is 4.90 Å². The summed E-state index contributed by atoms with van der Waals surface area (Å²) in [5, 5.41) is 4.26. The van der Waals surface area contributed by atoms with Crippen LogP contribution >= 0.6 is 11.6 Å². The highest BCUT2D eigenvalue weighted by atomic mass is 35.5. The zero-order valence-electron chi connectivity index (χ0n) is 14.0. The summed E-state index contributed by atoms with van der Waals surface area (Å²) in [4.78, 5) is 14.2. The normalized spacial score (nSPS) is 17.9. The lowest BCUT2D eigenvalue weighted by molar-refractivity contribution is 0.0794. The van der Waals surface area contributed by atoms with Crippen molar-refractivity contribution in [3.63, 3.8) is 0 Å². The Morgan fingerprint density at radius 3 is 2.68 bits per heavy atom. The van der Waals surface area contributed by atoms with Crippen LogP contribution in [0.5, 0.6) is 0 Å². The van der Waals surface area contributed by atoms with E-state index in [1.807, 2.05) is 47.4 Å². The molecule has 2 aromatic carbocycles. The summed E-state index contributed by atoms with van der Waals surface area (Å²) in [5.74, 6) is 0. The van der Waals surface area contributed by atoms with E-state index in [-0.39, 0.29) is 11.5 Å². The minimum Gasteiger partial charge on any atom is -0.445 e. The van der Waals surface area contributed by atoms with Crippen molar-refractivity contribution in [3.05, 3.63) is 64.7 Å². The number of nitrogens with one attached hydrogen (secondary N) is 1. The topological polar surface area (TPSA) is 41.6 Å². The van der Waals surface area contributed by atoms with Gasteiger partial charge in [-0.05, 0) is 42.2 Å². The van der Waals surface area contributed by atoms with Crippen LogP contribution in [0, 0.1) is 0 Å². The smallest absolute Gasteiger partial charge is 0.410 e. The van der Waals surface area contributed by atoms with Crippen LogP contribution in [0.15, 0.2) is 48.5 Å². The Morgan fingerprint density at radius 1 is 1.16 bits per heavy atom. The van der Waals surface area contributed by atoms with Gasteiger partial charge in [-0.25, -0.2) is 4.79 Å². The zero-order chi connectivity index (χ0) is 17.3. The predicted molar refractivity (Wildman–Crippen MR) is 99.1 cm³/mol. The average Bonchev–Trinajstić information content (AvgIpc) is 2.99. The third-order valence-corrected chi connectivity index (χ3v) is 5.59. The SMILES string of the molecule is O=C(OCc1ccccc1)N1CCC2(CC1)CNc1ccc(Cl)cc12. The number of hydrogen-bond donors (Lipinski definition) is 1. The van der Waals surface area contributed by atoms with E-state index in [9.17, 15) is 4.79 Å². The maximum absolute atomic E-state index is 12.3. The molecule has 0 atom stereocenters. The summed E-state index contributed by atoms with van der Waals surface area (Å²) in [6, 6.07) is 15.8. The predicted octanol–water partition coefficient (Wildman–Crippen LogP) is 4.44. The molecule has 2 heterocycles. The highest BCUT2D eigenvalue weighted by Crippen LogP contribution is 2.44. The molecular formula is C20H21ClN2O2. The summed E-state index contributed by atoms with van der Waals surface area (Å²) < 4.78 is 5.46. The van der Waals surface area contributed by atoms with E-state index in [2.05, 4.69) is 11.4 Å². The number of rotatable bonds is 2. The minimum atomic E-state index is -0.226. The molecule has 0 bridgehead atoms. The number of benzene rings is 2. The second-order valence-electron chi connectivity index (χ2n) is 6.85. The van der Waals surface area contributed by atoms with Gasteiger partial charge in [0.2, 0.25) is 0 Å². The van der Waals surface area contributed by atoms with Crippen molar-refractivity contribution in [2.24, 2.45) is 0 Å². The number of carbonyl (C=O) groups is 1. The molecule has 2 aliphatic heterocycles. The number of halogens is 1. The summed E-state index contributed by atoms with van der Waals surface area (Å²) in [7, 11) is 0. The van der Waals surface area contributed by atoms with E-state index in [1.165, 1.54) is 11.3 Å². The Balaban J connectivity index is 1.38. The van der Waals surface area contributed by atoms with E-state index in [4.69, 9.17) is 16.3 Å². The molecule has 2 aliphatic rings. The Hall–Kier alpha value is -2.20. The van der Waals surface area contributed by atoms with Gasteiger partial charge in [0.25, 0.3) is 0 Å². The number of carbonyl (C=O) groups excluding carboxylic acids is 1. The van der Waals surface area contributed by atoms with Crippen molar-refractivity contribution in [2.45, 2.75) is 24.9 Å². The second kappa shape index (κ2) is 6.60. The minimum absolute atomic E-state index is 0.0798. The van der Waals surface area contributed by atoms with Crippen LogP contribution in [0.4, 0.5) is 10.5 Å². The molecule has 5 heteroatoms. The van der Waals surface area contributed by atoms with Crippen molar-refractivity contribution < 1.29 is 9.53 Å². The lowest BCUT2D eigenvalue weighted by atomic mass is 9.74. The number of amides is 1. The molecule has 1 spiro atoms. The van der Waals surface area contributed by atoms with Crippen LogP contribution < -0.4 is 5.32 Å². The fourth-order valence-electron chi connectivity index (χ4n) is 3.84. The van der Waals surface area contributed by atoms with Gasteiger partial charge in [-0.2, -0.15) is 0 Å². The van der Waals surface area contributed by atoms with Crippen LogP contribution in [0.2, 0.25) is 5.02 Å². The van der Waals surface area contributed by atoms with Crippen LogP contribution in [0.1, 0.15) is 24.0 Å². The van der Waals surface area contributed by atoms with E-state index in [1.54, 1.807) is 0 Å². The first kappa shape index (κ1) is 16.3.